The highest BCUT2D eigenvalue weighted by Gasteiger charge is 2.20. The van der Waals surface area contributed by atoms with Crippen molar-refractivity contribution < 1.29 is 4.74 Å². The smallest absolute Gasteiger partial charge is 0.143 e. The van der Waals surface area contributed by atoms with E-state index in [1.165, 1.54) is 17.3 Å². The number of nitrogen functional groups attached to an aromatic ring is 1. The number of anilines is 1. The molecule has 0 aliphatic rings. The maximum Gasteiger partial charge on any atom is 0.143 e. The summed E-state index contributed by atoms with van der Waals surface area (Å²) in [6, 6.07) is 16.0. The molecule has 0 saturated carbocycles. The Morgan fingerprint density at radius 1 is 1.07 bits per heavy atom. The van der Waals surface area contributed by atoms with Gasteiger partial charge in [0.2, 0.25) is 0 Å². The zero-order chi connectivity index (χ0) is 21.3. The van der Waals surface area contributed by atoms with E-state index in [4.69, 9.17) is 10.5 Å². The van der Waals surface area contributed by atoms with Gasteiger partial charge in [-0.25, -0.2) is 4.98 Å². The number of hydrogen-bond acceptors (Lipinski definition) is 7. The first-order valence-corrected chi connectivity index (χ1v) is 10.4. The summed E-state index contributed by atoms with van der Waals surface area (Å²) in [4.78, 5) is 8.46. The van der Waals surface area contributed by atoms with E-state index in [2.05, 4.69) is 22.1 Å². The van der Waals surface area contributed by atoms with Crippen molar-refractivity contribution in [2.45, 2.75) is 23.6 Å². The number of nitrogens with zero attached hydrogens (tertiary/aromatic N) is 4. The highest BCUT2D eigenvalue weighted by atomic mass is 32.2. The molecule has 2 heterocycles. The lowest BCUT2D eigenvalue weighted by Crippen LogP contribution is -2.03. The molecule has 0 unspecified atom stereocenters. The Labute approximate surface area is 180 Å². The summed E-state index contributed by atoms with van der Waals surface area (Å²) >= 11 is 1.41. The Morgan fingerprint density at radius 2 is 1.83 bits per heavy atom. The van der Waals surface area contributed by atoms with Gasteiger partial charge in [0, 0.05) is 37.4 Å². The third-order valence-corrected chi connectivity index (χ3v) is 5.62. The molecule has 150 valence electrons. The Balaban J connectivity index is 1.97. The molecule has 2 N–H and O–H groups in total. The van der Waals surface area contributed by atoms with Gasteiger partial charge in [0.25, 0.3) is 0 Å². The van der Waals surface area contributed by atoms with Gasteiger partial charge in [-0.15, -0.1) is 11.8 Å². The summed E-state index contributed by atoms with van der Waals surface area (Å²) in [7, 11) is 1.69. The molecular formula is C23H21N5OS. The first-order chi connectivity index (χ1) is 14.7. The van der Waals surface area contributed by atoms with Crippen LogP contribution in [0.5, 0.6) is 0 Å². The summed E-state index contributed by atoms with van der Waals surface area (Å²) in [6.45, 7) is 0.706. The standard InChI is InChI=1S/C23H21N5OS/c1-29-11-3-5-16-6-8-18(9-7-16)21-19(12-24)22(26)28-23(20(21)13-25)30-15-17-4-2-10-27-14-17/h2,4,6-10,14H,3,5,11,15H2,1H3,(H2,26,28). The third-order valence-electron chi connectivity index (χ3n) is 4.57. The van der Waals surface area contributed by atoms with Crippen LogP contribution in [0.3, 0.4) is 0 Å². The van der Waals surface area contributed by atoms with Gasteiger partial charge in [-0.1, -0.05) is 30.3 Å². The third kappa shape index (κ3) is 4.96. The summed E-state index contributed by atoms with van der Waals surface area (Å²) in [5.41, 5.74) is 10.2. The number of aryl methyl sites for hydroxylation is 1. The van der Waals surface area contributed by atoms with E-state index in [1.54, 1.807) is 19.5 Å². The molecule has 0 amide bonds. The molecule has 3 rings (SSSR count). The zero-order valence-corrected chi connectivity index (χ0v) is 17.4. The molecule has 0 radical (unpaired) electrons. The van der Waals surface area contributed by atoms with E-state index in [0.29, 0.717) is 28.5 Å². The number of hydrogen-bond donors (Lipinski definition) is 1. The number of rotatable bonds is 8. The summed E-state index contributed by atoms with van der Waals surface area (Å²) in [5, 5.41) is 20.1. The largest absolute Gasteiger partial charge is 0.385 e. The second-order valence-electron chi connectivity index (χ2n) is 6.59. The van der Waals surface area contributed by atoms with Crippen LogP contribution in [0.2, 0.25) is 0 Å². The monoisotopic (exact) mass is 415 g/mol. The predicted octanol–water partition coefficient (Wildman–Crippen LogP) is 4.34. The van der Waals surface area contributed by atoms with Gasteiger partial charge in [0.1, 0.15) is 28.5 Å². The topological polar surface area (TPSA) is 109 Å². The lowest BCUT2D eigenvalue weighted by atomic mass is 9.95. The Bertz CT molecular complexity index is 1090. The Kier molecular flexibility index (Phi) is 7.40. The van der Waals surface area contributed by atoms with Crippen LogP contribution >= 0.6 is 11.8 Å². The van der Waals surface area contributed by atoms with Crippen LogP contribution in [0.15, 0.2) is 53.8 Å². The number of methoxy groups -OCH3 is 1. The average Bonchev–Trinajstić information content (AvgIpc) is 2.78. The molecule has 7 heteroatoms. The van der Waals surface area contributed by atoms with Crippen LogP contribution in [0.4, 0.5) is 5.82 Å². The van der Waals surface area contributed by atoms with Gasteiger partial charge in [-0.2, -0.15) is 10.5 Å². The summed E-state index contributed by atoms with van der Waals surface area (Å²) < 4.78 is 5.10. The van der Waals surface area contributed by atoms with Crippen molar-refractivity contribution in [1.29, 1.82) is 10.5 Å². The minimum absolute atomic E-state index is 0.129. The van der Waals surface area contributed by atoms with Crippen LogP contribution in [0, 0.1) is 22.7 Å². The molecule has 0 aliphatic heterocycles. The van der Waals surface area contributed by atoms with E-state index in [9.17, 15) is 10.5 Å². The number of ether oxygens (including phenoxy) is 1. The lowest BCUT2D eigenvalue weighted by molar-refractivity contribution is 0.195. The minimum Gasteiger partial charge on any atom is -0.385 e. The van der Waals surface area contributed by atoms with Gasteiger partial charge in [-0.05, 0) is 35.6 Å². The normalized spacial score (nSPS) is 10.4. The predicted molar refractivity (Wildman–Crippen MR) is 118 cm³/mol. The molecule has 0 atom stereocenters. The van der Waals surface area contributed by atoms with Crippen molar-refractivity contribution in [2.75, 3.05) is 19.5 Å². The fourth-order valence-electron chi connectivity index (χ4n) is 3.09. The number of nitrogens with two attached hydrogens (primary N) is 1. The van der Waals surface area contributed by atoms with E-state index in [1.807, 2.05) is 36.4 Å². The molecule has 3 aromatic rings. The number of benzene rings is 1. The highest BCUT2D eigenvalue weighted by molar-refractivity contribution is 7.98. The fourth-order valence-corrected chi connectivity index (χ4v) is 4.01. The Morgan fingerprint density at radius 3 is 2.47 bits per heavy atom. The van der Waals surface area contributed by atoms with Gasteiger partial charge < -0.3 is 10.5 Å². The highest BCUT2D eigenvalue weighted by Crippen LogP contribution is 2.36. The molecule has 0 saturated heterocycles. The van der Waals surface area contributed by atoms with Crippen LogP contribution in [-0.4, -0.2) is 23.7 Å². The molecule has 0 bridgehead atoms. The molecule has 0 aliphatic carbocycles. The summed E-state index contributed by atoms with van der Waals surface area (Å²) in [6.07, 6.45) is 5.31. The maximum atomic E-state index is 9.89. The second-order valence-corrected chi connectivity index (χ2v) is 7.56. The van der Waals surface area contributed by atoms with E-state index in [-0.39, 0.29) is 11.4 Å². The van der Waals surface area contributed by atoms with E-state index >= 15 is 0 Å². The first kappa shape index (κ1) is 21.3. The molecule has 6 nitrogen and oxygen atoms in total. The van der Waals surface area contributed by atoms with Crippen molar-refractivity contribution >= 4 is 17.6 Å². The fraction of sp³-hybridized carbons (Fsp3) is 0.217. The average molecular weight is 416 g/mol. The van der Waals surface area contributed by atoms with Crippen molar-refractivity contribution in [3.63, 3.8) is 0 Å². The van der Waals surface area contributed by atoms with Gasteiger partial charge in [-0.3, -0.25) is 4.98 Å². The molecule has 0 spiro atoms. The maximum absolute atomic E-state index is 9.89. The van der Waals surface area contributed by atoms with Gasteiger partial charge in [0.05, 0.1) is 5.56 Å². The van der Waals surface area contributed by atoms with E-state index in [0.717, 1.165) is 24.0 Å². The molecule has 1 aromatic carbocycles. The molecule has 30 heavy (non-hydrogen) atoms. The van der Waals surface area contributed by atoms with E-state index < -0.39 is 0 Å². The number of thioether (sulfide) groups is 1. The quantitative estimate of drug-likeness (QED) is 0.430. The first-order valence-electron chi connectivity index (χ1n) is 9.41. The summed E-state index contributed by atoms with van der Waals surface area (Å²) in [5.74, 6) is 0.725. The lowest BCUT2D eigenvalue weighted by Gasteiger charge is -2.13. The van der Waals surface area contributed by atoms with Gasteiger partial charge in [0.15, 0.2) is 0 Å². The van der Waals surface area contributed by atoms with Crippen molar-refractivity contribution in [3.05, 3.63) is 71.0 Å². The molecule has 2 aromatic heterocycles. The van der Waals surface area contributed by atoms with Crippen molar-refractivity contribution in [2.24, 2.45) is 0 Å². The minimum atomic E-state index is 0.129. The van der Waals surface area contributed by atoms with Crippen LogP contribution < -0.4 is 5.73 Å². The van der Waals surface area contributed by atoms with Crippen molar-refractivity contribution in [1.82, 2.24) is 9.97 Å². The number of aromatic nitrogens is 2. The SMILES string of the molecule is COCCCc1ccc(-c2c(C#N)c(N)nc(SCc3cccnc3)c2C#N)cc1. The zero-order valence-electron chi connectivity index (χ0n) is 16.6. The van der Waals surface area contributed by atoms with Gasteiger partial charge >= 0.3 is 0 Å². The van der Waals surface area contributed by atoms with Crippen LogP contribution in [0.25, 0.3) is 11.1 Å². The molecule has 0 fully saturated rings. The second kappa shape index (κ2) is 10.4. The number of pyridine rings is 2. The van der Waals surface area contributed by atoms with Crippen LogP contribution in [-0.2, 0) is 16.9 Å². The van der Waals surface area contributed by atoms with Crippen molar-refractivity contribution in [3.8, 4) is 23.3 Å². The van der Waals surface area contributed by atoms with Crippen LogP contribution in [0.1, 0.15) is 28.7 Å². The Hall–Kier alpha value is -3.39. The number of nitriles is 2. The molecular weight excluding hydrogens is 394 g/mol.